The number of ether oxygens (including phenoxy) is 1. The zero-order valence-electron chi connectivity index (χ0n) is 18.8. The van der Waals surface area contributed by atoms with Gasteiger partial charge in [0.25, 0.3) is 0 Å². The zero-order valence-corrected chi connectivity index (χ0v) is 19.6. The molecule has 35 heavy (non-hydrogen) atoms. The molecule has 1 saturated carbocycles. The quantitative estimate of drug-likeness (QED) is 0.359. The van der Waals surface area contributed by atoms with Crippen molar-refractivity contribution < 1.29 is 27.1 Å². The molecule has 0 radical (unpaired) electrons. The monoisotopic (exact) mass is 509 g/mol. The topological polar surface area (TPSA) is 72.3 Å². The molecule has 1 aliphatic carbocycles. The van der Waals surface area contributed by atoms with Gasteiger partial charge in [-0.25, -0.2) is 9.37 Å². The average Bonchev–Trinajstić information content (AvgIpc) is 3.11. The van der Waals surface area contributed by atoms with Gasteiger partial charge in [-0.2, -0.15) is 18.2 Å². The second-order valence-electron chi connectivity index (χ2n) is 8.99. The van der Waals surface area contributed by atoms with Gasteiger partial charge in [-0.3, -0.25) is 4.79 Å². The molecule has 4 heterocycles. The van der Waals surface area contributed by atoms with Crippen LogP contribution in [-0.4, -0.2) is 56.9 Å². The number of alkyl halides is 4. The molecule has 5 rings (SSSR count). The van der Waals surface area contributed by atoms with Crippen molar-refractivity contribution in [3.63, 3.8) is 0 Å². The summed E-state index contributed by atoms with van der Waals surface area (Å²) in [7, 11) is 0. The van der Waals surface area contributed by atoms with Crippen LogP contribution in [0.25, 0.3) is 10.9 Å². The predicted molar refractivity (Wildman–Crippen MR) is 124 cm³/mol. The number of halogens is 4. The predicted octanol–water partition coefficient (Wildman–Crippen LogP) is 5.00. The average molecular weight is 510 g/mol. The summed E-state index contributed by atoms with van der Waals surface area (Å²) in [6, 6.07) is 3.26. The van der Waals surface area contributed by atoms with Crippen molar-refractivity contribution in [3.8, 4) is 5.88 Å². The van der Waals surface area contributed by atoms with E-state index in [2.05, 4.69) is 21.9 Å². The smallest absolute Gasteiger partial charge is 0.396 e. The van der Waals surface area contributed by atoms with E-state index in [-0.39, 0.29) is 38.4 Å². The number of carbonyl (C=O) groups is 1. The highest BCUT2D eigenvalue weighted by Crippen LogP contribution is 2.59. The van der Waals surface area contributed by atoms with E-state index in [4.69, 9.17) is 4.74 Å². The highest BCUT2D eigenvalue weighted by atomic mass is 32.1. The van der Waals surface area contributed by atoms with E-state index in [0.29, 0.717) is 21.9 Å². The number of aryl methyl sites for hydroxylation is 1. The summed E-state index contributed by atoms with van der Waals surface area (Å²) in [5.74, 6) is -0.0139. The van der Waals surface area contributed by atoms with Crippen LogP contribution in [0.2, 0.25) is 0 Å². The van der Waals surface area contributed by atoms with Crippen molar-refractivity contribution in [1.82, 2.24) is 19.4 Å². The van der Waals surface area contributed by atoms with Gasteiger partial charge in [0, 0.05) is 29.9 Å². The van der Waals surface area contributed by atoms with E-state index in [9.17, 15) is 22.4 Å². The number of aromatic nitrogens is 3. The van der Waals surface area contributed by atoms with Crippen molar-refractivity contribution in [2.45, 2.75) is 44.8 Å². The lowest BCUT2D eigenvalue weighted by Gasteiger charge is -2.21. The van der Waals surface area contributed by atoms with Crippen molar-refractivity contribution in [2.75, 3.05) is 18.4 Å². The Kier molecular flexibility index (Phi) is 5.73. The Bertz CT molecular complexity index is 1280. The van der Waals surface area contributed by atoms with E-state index in [0.717, 1.165) is 11.0 Å². The van der Waals surface area contributed by atoms with Crippen LogP contribution in [0.1, 0.15) is 17.7 Å². The minimum Gasteiger partial charge on any atom is -0.469 e. The number of pyridine rings is 1. The second-order valence-corrected chi connectivity index (χ2v) is 10.2. The lowest BCUT2D eigenvalue weighted by atomic mass is 10.1. The number of likely N-dealkylation sites (tertiary alicyclic amines) is 1. The van der Waals surface area contributed by atoms with Gasteiger partial charge < -0.3 is 19.5 Å². The van der Waals surface area contributed by atoms with Gasteiger partial charge >= 0.3 is 6.18 Å². The van der Waals surface area contributed by atoms with Crippen molar-refractivity contribution >= 4 is 39.1 Å². The number of nitrogens with one attached hydrogen (secondary N) is 1. The Morgan fingerprint density at radius 3 is 2.80 bits per heavy atom. The number of hydrogen-bond acceptors (Lipinski definition) is 6. The summed E-state index contributed by atoms with van der Waals surface area (Å²) in [6.07, 6.45) is -2.21. The molecule has 0 aromatic carbocycles. The molecule has 12 heteroatoms. The lowest BCUT2D eigenvalue weighted by Crippen LogP contribution is -2.30. The molecular weight excluding hydrogens is 486 g/mol. The summed E-state index contributed by atoms with van der Waals surface area (Å²) in [5.41, 5.74) is -1.27. The molecule has 1 aliphatic heterocycles. The number of rotatable bonds is 7. The molecule has 2 atom stereocenters. The summed E-state index contributed by atoms with van der Waals surface area (Å²) in [4.78, 5) is 22.9. The Balaban J connectivity index is 1.50. The van der Waals surface area contributed by atoms with Crippen LogP contribution in [0.3, 0.4) is 0 Å². The van der Waals surface area contributed by atoms with Crippen LogP contribution in [-0.2, 0) is 11.3 Å². The van der Waals surface area contributed by atoms with E-state index >= 15 is 0 Å². The largest absolute Gasteiger partial charge is 0.469 e. The van der Waals surface area contributed by atoms with Crippen molar-refractivity contribution in [2.24, 2.45) is 5.41 Å². The number of fused-ring (bicyclic) bond motifs is 1. The molecule has 186 valence electrons. The first-order chi connectivity index (χ1) is 16.6. The van der Waals surface area contributed by atoms with Gasteiger partial charge in [0.1, 0.15) is 5.82 Å². The van der Waals surface area contributed by atoms with Gasteiger partial charge in [-0.05, 0) is 31.9 Å². The first kappa shape index (κ1) is 23.6. The maximum Gasteiger partial charge on any atom is 0.396 e. The minimum absolute atomic E-state index is 0.0103. The van der Waals surface area contributed by atoms with Crippen LogP contribution >= 0.6 is 11.3 Å². The first-order valence-electron chi connectivity index (χ1n) is 11.1. The normalized spacial score (nSPS) is 21.3. The van der Waals surface area contributed by atoms with Gasteiger partial charge in [0.2, 0.25) is 11.8 Å². The molecule has 2 aliphatic rings. The molecule has 1 saturated heterocycles. The third-order valence-electron chi connectivity index (χ3n) is 6.46. The number of hydrogen-bond donors (Lipinski definition) is 1. The first-order valence-corrected chi connectivity index (χ1v) is 11.9. The molecule has 1 N–H and O–H groups in total. The van der Waals surface area contributed by atoms with E-state index in [1.165, 1.54) is 20.8 Å². The van der Waals surface area contributed by atoms with E-state index in [1.54, 1.807) is 24.5 Å². The van der Waals surface area contributed by atoms with Gasteiger partial charge in [0.05, 0.1) is 29.4 Å². The van der Waals surface area contributed by atoms with Gasteiger partial charge in [-0.15, -0.1) is 11.3 Å². The van der Waals surface area contributed by atoms with Gasteiger partial charge in [0.15, 0.2) is 17.4 Å². The highest BCUT2D eigenvalue weighted by Gasteiger charge is 2.63. The molecule has 0 spiro atoms. The van der Waals surface area contributed by atoms with E-state index in [1.807, 2.05) is 6.92 Å². The van der Waals surface area contributed by atoms with Crippen molar-refractivity contribution in [3.05, 3.63) is 42.1 Å². The molecule has 0 bridgehead atoms. The Hall–Kier alpha value is -3.15. The SMILES string of the molecule is C=CC(=O)N1C[C@@H](F)[C@H](Oc2nc(Nc3ncc(C)s3)cc3c2ccn3CC2(C(F)(F)F)CC2)C1. The molecular formula is C23H23F4N5O2S. The number of amides is 1. The molecule has 2 fully saturated rings. The maximum atomic E-state index is 14.7. The number of thiazole rings is 1. The summed E-state index contributed by atoms with van der Waals surface area (Å²) >= 11 is 1.39. The number of carbonyl (C=O) groups excluding carboxylic acids is 1. The fourth-order valence-corrected chi connectivity index (χ4v) is 4.95. The molecule has 0 unspecified atom stereocenters. The third-order valence-corrected chi connectivity index (χ3v) is 7.29. The van der Waals surface area contributed by atoms with Crippen LogP contribution in [0.15, 0.2) is 37.2 Å². The third kappa shape index (κ3) is 4.46. The van der Waals surface area contributed by atoms with Crippen LogP contribution < -0.4 is 10.1 Å². The number of nitrogens with zero attached hydrogens (tertiary/aromatic N) is 4. The second kappa shape index (κ2) is 8.51. The lowest BCUT2D eigenvalue weighted by molar-refractivity contribution is -0.190. The van der Waals surface area contributed by atoms with Crippen LogP contribution in [0, 0.1) is 12.3 Å². The molecule has 7 nitrogen and oxygen atoms in total. The molecule has 1 amide bonds. The Morgan fingerprint density at radius 2 is 2.17 bits per heavy atom. The number of anilines is 2. The Labute approximate surface area is 202 Å². The Morgan fingerprint density at radius 1 is 1.40 bits per heavy atom. The molecule has 3 aromatic heterocycles. The van der Waals surface area contributed by atoms with Crippen molar-refractivity contribution in [1.29, 1.82) is 0 Å². The fraction of sp³-hybridized carbons (Fsp3) is 0.435. The van der Waals surface area contributed by atoms with E-state index < -0.39 is 29.8 Å². The highest BCUT2D eigenvalue weighted by molar-refractivity contribution is 7.15. The minimum atomic E-state index is -4.30. The summed E-state index contributed by atoms with van der Waals surface area (Å²) in [6.45, 7) is 4.97. The fourth-order valence-electron chi connectivity index (χ4n) is 4.28. The van der Waals surface area contributed by atoms with Crippen LogP contribution in [0.5, 0.6) is 5.88 Å². The standard InChI is InChI=1S/C23H23F4N5O2S/c1-3-19(33)32-10-15(24)17(11-32)34-20-14-4-7-31(12-22(5-6-22)23(25,26)27)16(14)8-18(29-20)30-21-28-9-13(2)35-21/h3-4,7-9,15,17H,1,5-6,10-12H2,2H3,(H,28,29,30)/t15-,17-/m1/s1. The molecule has 3 aromatic rings. The zero-order chi connectivity index (χ0) is 25.0. The van der Waals surface area contributed by atoms with Crippen LogP contribution in [0.4, 0.5) is 28.5 Å². The summed E-state index contributed by atoms with van der Waals surface area (Å²) in [5, 5.41) is 4.08. The maximum absolute atomic E-state index is 14.7. The van der Waals surface area contributed by atoms with Gasteiger partial charge in [-0.1, -0.05) is 6.58 Å². The summed E-state index contributed by atoms with van der Waals surface area (Å²) < 4.78 is 63.1.